The first-order chi connectivity index (χ1) is 5.77. The molecule has 1 aliphatic heterocycles. The van der Waals surface area contributed by atoms with Crippen LogP contribution in [0.3, 0.4) is 0 Å². The van der Waals surface area contributed by atoms with E-state index in [4.69, 9.17) is 5.73 Å². The van der Waals surface area contributed by atoms with E-state index in [0.29, 0.717) is 6.42 Å². The molecular weight excluding hydrogens is 152 g/mol. The normalized spacial score (nSPS) is 19.8. The lowest BCUT2D eigenvalue weighted by molar-refractivity contribution is -0.118. The van der Waals surface area contributed by atoms with Crippen LogP contribution in [-0.4, -0.2) is 11.9 Å². The molecule has 3 heteroatoms. The third kappa shape index (κ3) is 1.03. The zero-order chi connectivity index (χ0) is 8.55. The summed E-state index contributed by atoms with van der Waals surface area (Å²) < 4.78 is 0. The van der Waals surface area contributed by atoms with Crippen molar-refractivity contribution in [3.63, 3.8) is 0 Å². The van der Waals surface area contributed by atoms with Gasteiger partial charge in [0.15, 0.2) is 0 Å². The number of anilines is 1. The molecule has 0 saturated heterocycles. The highest BCUT2D eigenvalue weighted by molar-refractivity contribution is 5.85. The first kappa shape index (κ1) is 7.16. The minimum Gasteiger partial charge on any atom is -0.373 e. The Bertz CT molecular complexity index is 297. The quantitative estimate of drug-likeness (QED) is 0.622. The summed E-state index contributed by atoms with van der Waals surface area (Å²) in [4.78, 5) is 10.8. The Labute approximate surface area is 70.6 Å². The van der Waals surface area contributed by atoms with Gasteiger partial charge in [-0.05, 0) is 17.7 Å². The third-order valence-corrected chi connectivity index (χ3v) is 2.02. The molecule has 0 fully saturated rings. The molecule has 0 bridgehead atoms. The van der Waals surface area contributed by atoms with Gasteiger partial charge in [0, 0.05) is 12.1 Å². The number of primary amides is 1. The van der Waals surface area contributed by atoms with Gasteiger partial charge in [0.1, 0.15) is 6.04 Å². The Balaban J connectivity index is 2.27. The molecule has 0 aromatic heterocycles. The summed E-state index contributed by atoms with van der Waals surface area (Å²) in [5.74, 6) is -0.306. The van der Waals surface area contributed by atoms with E-state index in [1.807, 2.05) is 18.2 Å². The van der Waals surface area contributed by atoms with Crippen LogP contribution in [0.15, 0.2) is 18.2 Å². The molecule has 1 atom stereocenters. The summed E-state index contributed by atoms with van der Waals surface area (Å²) in [6.45, 7) is 0. The molecular formula is C9H9N2O. The fourth-order valence-corrected chi connectivity index (χ4v) is 1.39. The van der Waals surface area contributed by atoms with Crippen LogP contribution in [0.5, 0.6) is 0 Å². The topological polar surface area (TPSA) is 55.1 Å². The lowest BCUT2D eigenvalue weighted by atomic mass is 10.1. The van der Waals surface area contributed by atoms with E-state index < -0.39 is 0 Å². The van der Waals surface area contributed by atoms with E-state index in [1.165, 1.54) is 0 Å². The van der Waals surface area contributed by atoms with E-state index in [1.54, 1.807) is 0 Å². The zero-order valence-corrected chi connectivity index (χ0v) is 6.50. The highest BCUT2D eigenvalue weighted by atomic mass is 16.1. The molecule has 1 amide bonds. The van der Waals surface area contributed by atoms with Gasteiger partial charge in [-0.3, -0.25) is 4.79 Å². The first-order valence-electron chi connectivity index (χ1n) is 3.83. The lowest BCUT2D eigenvalue weighted by Crippen LogP contribution is -2.33. The molecule has 0 spiro atoms. The minimum absolute atomic E-state index is 0.251. The van der Waals surface area contributed by atoms with E-state index >= 15 is 0 Å². The molecule has 2 rings (SSSR count). The number of hydrogen-bond donors (Lipinski definition) is 2. The number of rotatable bonds is 1. The number of nitrogens with two attached hydrogens (primary N) is 1. The minimum atomic E-state index is -0.306. The molecule has 0 aliphatic carbocycles. The summed E-state index contributed by atoms with van der Waals surface area (Å²) in [7, 11) is 0. The smallest absolute Gasteiger partial charge is 0.240 e. The van der Waals surface area contributed by atoms with Crippen molar-refractivity contribution in [2.24, 2.45) is 5.73 Å². The van der Waals surface area contributed by atoms with Crippen LogP contribution >= 0.6 is 0 Å². The Morgan fingerprint density at radius 3 is 3.25 bits per heavy atom. The molecule has 0 saturated carbocycles. The van der Waals surface area contributed by atoms with Crippen molar-refractivity contribution in [1.29, 1.82) is 0 Å². The van der Waals surface area contributed by atoms with Crippen LogP contribution in [0.25, 0.3) is 0 Å². The van der Waals surface area contributed by atoms with Crippen molar-refractivity contribution < 1.29 is 4.79 Å². The number of fused-ring (bicyclic) bond motifs is 1. The average molecular weight is 161 g/mol. The van der Waals surface area contributed by atoms with Crippen LogP contribution < -0.4 is 11.1 Å². The lowest BCUT2D eigenvalue weighted by Gasteiger charge is -2.04. The Morgan fingerprint density at radius 1 is 1.75 bits per heavy atom. The number of carbonyl (C=O) groups excluding carboxylic acids is 1. The summed E-state index contributed by atoms with van der Waals surface area (Å²) in [6, 6.07) is 8.46. The second kappa shape index (κ2) is 2.52. The van der Waals surface area contributed by atoms with Crippen LogP contribution in [0.1, 0.15) is 5.56 Å². The SMILES string of the molecule is NC(=O)C1Cc2[c]cccc2N1. The van der Waals surface area contributed by atoms with Crippen molar-refractivity contribution in [2.75, 3.05) is 5.32 Å². The molecule has 1 aromatic rings. The molecule has 1 aromatic carbocycles. The van der Waals surface area contributed by atoms with Gasteiger partial charge in [-0.15, -0.1) is 0 Å². The molecule has 61 valence electrons. The highest BCUT2D eigenvalue weighted by Gasteiger charge is 2.23. The average Bonchev–Trinajstić information content (AvgIpc) is 2.46. The van der Waals surface area contributed by atoms with Crippen molar-refractivity contribution in [3.8, 4) is 0 Å². The zero-order valence-electron chi connectivity index (χ0n) is 6.50. The van der Waals surface area contributed by atoms with E-state index in [0.717, 1.165) is 11.3 Å². The van der Waals surface area contributed by atoms with Crippen molar-refractivity contribution in [3.05, 3.63) is 29.8 Å². The summed E-state index contributed by atoms with van der Waals surface area (Å²) in [6.07, 6.45) is 0.658. The maximum absolute atomic E-state index is 10.8. The van der Waals surface area contributed by atoms with Crippen molar-refractivity contribution >= 4 is 11.6 Å². The van der Waals surface area contributed by atoms with Gasteiger partial charge in [-0.25, -0.2) is 0 Å². The van der Waals surface area contributed by atoms with Gasteiger partial charge in [0.2, 0.25) is 5.91 Å². The fraction of sp³-hybridized carbons (Fsp3) is 0.222. The van der Waals surface area contributed by atoms with Crippen LogP contribution in [0, 0.1) is 6.07 Å². The summed E-state index contributed by atoms with van der Waals surface area (Å²) >= 11 is 0. The first-order valence-corrected chi connectivity index (χ1v) is 3.83. The molecule has 12 heavy (non-hydrogen) atoms. The third-order valence-electron chi connectivity index (χ3n) is 2.02. The van der Waals surface area contributed by atoms with E-state index in [-0.39, 0.29) is 11.9 Å². The molecule has 1 radical (unpaired) electrons. The maximum atomic E-state index is 10.8. The Hall–Kier alpha value is -1.51. The Kier molecular flexibility index (Phi) is 1.50. The predicted octanol–water partition coefficient (Wildman–Crippen LogP) is 0.309. The largest absolute Gasteiger partial charge is 0.373 e. The highest BCUT2D eigenvalue weighted by Crippen LogP contribution is 2.24. The predicted molar refractivity (Wildman–Crippen MR) is 45.6 cm³/mol. The van der Waals surface area contributed by atoms with Gasteiger partial charge in [-0.2, -0.15) is 0 Å². The van der Waals surface area contributed by atoms with Gasteiger partial charge < -0.3 is 11.1 Å². The second-order valence-corrected chi connectivity index (χ2v) is 2.87. The van der Waals surface area contributed by atoms with E-state index in [2.05, 4.69) is 11.4 Å². The monoisotopic (exact) mass is 161 g/mol. The van der Waals surface area contributed by atoms with Gasteiger partial charge in [-0.1, -0.05) is 12.1 Å². The number of nitrogens with one attached hydrogen (secondary N) is 1. The van der Waals surface area contributed by atoms with Gasteiger partial charge in [0.05, 0.1) is 0 Å². The van der Waals surface area contributed by atoms with Crippen LogP contribution in [-0.2, 0) is 11.2 Å². The van der Waals surface area contributed by atoms with Crippen LogP contribution in [0.4, 0.5) is 5.69 Å². The van der Waals surface area contributed by atoms with Gasteiger partial charge in [0.25, 0.3) is 0 Å². The van der Waals surface area contributed by atoms with E-state index in [9.17, 15) is 4.79 Å². The molecule has 1 heterocycles. The molecule has 1 unspecified atom stereocenters. The number of amides is 1. The van der Waals surface area contributed by atoms with Crippen molar-refractivity contribution in [2.45, 2.75) is 12.5 Å². The maximum Gasteiger partial charge on any atom is 0.240 e. The summed E-state index contributed by atoms with van der Waals surface area (Å²) in [5, 5.41) is 3.03. The van der Waals surface area contributed by atoms with Crippen LogP contribution in [0.2, 0.25) is 0 Å². The fourth-order valence-electron chi connectivity index (χ4n) is 1.39. The second-order valence-electron chi connectivity index (χ2n) is 2.87. The molecule has 1 aliphatic rings. The van der Waals surface area contributed by atoms with Gasteiger partial charge >= 0.3 is 0 Å². The number of hydrogen-bond acceptors (Lipinski definition) is 2. The standard InChI is InChI=1S/C9H9N2O/c10-9(12)8-5-6-3-1-2-4-7(6)11-8/h1-2,4,8,11H,5H2,(H2,10,12). The Morgan fingerprint density at radius 2 is 2.58 bits per heavy atom. The van der Waals surface area contributed by atoms with Crippen molar-refractivity contribution in [1.82, 2.24) is 0 Å². The number of benzene rings is 1. The summed E-state index contributed by atoms with van der Waals surface area (Å²) in [5.41, 5.74) is 7.18. The molecule has 3 N–H and O–H groups in total. The molecule has 3 nitrogen and oxygen atoms in total. The number of carbonyl (C=O) groups is 1.